The van der Waals surface area contributed by atoms with Crippen LogP contribution < -0.4 is 5.32 Å². The zero-order chi connectivity index (χ0) is 14.0. The van der Waals surface area contributed by atoms with E-state index in [0.29, 0.717) is 0 Å². The third-order valence-electron chi connectivity index (χ3n) is 2.36. The van der Waals surface area contributed by atoms with Crippen molar-refractivity contribution in [2.24, 2.45) is 0 Å². The summed E-state index contributed by atoms with van der Waals surface area (Å²) in [5.74, 6) is -1.18. The van der Waals surface area contributed by atoms with Gasteiger partial charge in [-0.25, -0.2) is 4.79 Å². The minimum absolute atomic E-state index is 0.0306. The number of halogens is 3. The number of anilines is 2. The molecule has 19 heavy (non-hydrogen) atoms. The van der Waals surface area contributed by atoms with Crippen molar-refractivity contribution in [2.45, 2.75) is 6.18 Å². The Morgan fingerprint density at radius 3 is 2.47 bits per heavy atom. The van der Waals surface area contributed by atoms with Crippen LogP contribution in [0, 0.1) is 0 Å². The number of aromatic carboxylic acids is 1. The molecule has 0 radical (unpaired) electrons. The van der Waals surface area contributed by atoms with Gasteiger partial charge in [0, 0.05) is 0 Å². The topological polar surface area (TPSA) is 49.3 Å². The zero-order valence-electron chi connectivity index (χ0n) is 9.36. The van der Waals surface area contributed by atoms with Crippen LogP contribution >= 0.6 is 11.3 Å². The Kier molecular flexibility index (Phi) is 3.48. The molecule has 100 valence electrons. The van der Waals surface area contributed by atoms with Crippen molar-refractivity contribution in [1.29, 1.82) is 0 Å². The van der Waals surface area contributed by atoms with Gasteiger partial charge >= 0.3 is 12.1 Å². The van der Waals surface area contributed by atoms with Gasteiger partial charge in [-0.2, -0.15) is 13.2 Å². The van der Waals surface area contributed by atoms with E-state index in [9.17, 15) is 18.0 Å². The molecule has 1 aromatic heterocycles. The van der Waals surface area contributed by atoms with Gasteiger partial charge in [0.2, 0.25) is 0 Å². The SMILES string of the molecule is O=C(O)c1sccc1Nc1ccccc1C(F)(F)F. The van der Waals surface area contributed by atoms with Crippen LogP contribution in [0.4, 0.5) is 24.5 Å². The molecule has 0 aliphatic rings. The molecule has 1 aromatic carbocycles. The second-order valence-electron chi connectivity index (χ2n) is 3.64. The molecule has 2 rings (SSSR count). The van der Waals surface area contributed by atoms with Crippen LogP contribution in [0.15, 0.2) is 35.7 Å². The van der Waals surface area contributed by atoms with Crippen molar-refractivity contribution in [1.82, 2.24) is 0 Å². The lowest BCUT2D eigenvalue weighted by atomic mass is 10.1. The van der Waals surface area contributed by atoms with Crippen molar-refractivity contribution in [3.63, 3.8) is 0 Å². The molecule has 1 heterocycles. The predicted molar refractivity (Wildman–Crippen MR) is 66.0 cm³/mol. The number of nitrogens with one attached hydrogen (secondary N) is 1. The Balaban J connectivity index is 2.39. The van der Waals surface area contributed by atoms with Crippen LogP contribution in [0.3, 0.4) is 0 Å². The van der Waals surface area contributed by atoms with E-state index < -0.39 is 17.7 Å². The normalized spacial score (nSPS) is 11.3. The molecule has 3 nitrogen and oxygen atoms in total. The molecule has 0 unspecified atom stereocenters. The first-order chi connectivity index (χ1) is 8.89. The highest BCUT2D eigenvalue weighted by molar-refractivity contribution is 7.12. The molecule has 0 spiro atoms. The maximum absolute atomic E-state index is 12.8. The van der Waals surface area contributed by atoms with Crippen LogP contribution in [0.5, 0.6) is 0 Å². The average Bonchev–Trinajstić information content (AvgIpc) is 2.76. The number of para-hydroxylation sites is 1. The lowest BCUT2D eigenvalue weighted by molar-refractivity contribution is -0.136. The number of benzene rings is 1. The summed E-state index contributed by atoms with van der Waals surface area (Å²) >= 11 is 0.947. The summed E-state index contributed by atoms with van der Waals surface area (Å²) in [6.07, 6.45) is -4.50. The fraction of sp³-hybridized carbons (Fsp3) is 0.0833. The monoisotopic (exact) mass is 287 g/mol. The van der Waals surface area contributed by atoms with Crippen LogP contribution in [-0.2, 0) is 6.18 Å². The van der Waals surface area contributed by atoms with Gasteiger partial charge in [-0.05, 0) is 23.6 Å². The van der Waals surface area contributed by atoms with Gasteiger partial charge in [0.15, 0.2) is 0 Å². The first-order valence-corrected chi connectivity index (χ1v) is 6.01. The Morgan fingerprint density at radius 2 is 1.84 bits per heavy atom. The number of thiophene rings is 1. The lowest BCUT2D eigenvalue weighted by Crippen LogP contribution is -2.09. The maximum Gasteiger partial charge on any atom is 0.418 e. The number of alkyl halides is 3. The van der Waals surface area contributed by atoms with Crippen molar-refractivity contribution >= 4 is 28.7 Å². The van der Waals surface area contributed by atoms with E-state index in [-0.39, 0.29) is 16.3 Å². The smallest absolute Gasteiger partial charge is 0.418 e. The summed E-state index contributed by atoms with van der Waals surface area (Å²) in [6, 6.07) is 6.35. The zero-order valence-corrected chi connectivity index (χ0v) is 10.2. The number of carboxylic acids is 1. The molecule has 0 aliphatic carbocycles. The molecule has 0 aliphatic heterocycles. The van der Waals surface area contributed by atoms with Crippen LogP contribution in [0.25, 0.3) is 0 Å². The number of rotatable bonds is 3. The second-order valence-corrected chi connectivity index (χ2v) is 4.55. The van der Waals surface area contributed by atoms with E-state index in [1.165, 1.54) is 29.6 Å². The van der Waals surface area contributed by atoms with Gasteiger partial charge in [0.05, 0.1) is 16.9 Å². The Hall–Kier alpha value is -2.02. The molecule has 0 bridgehead atoms. The van der Waals surface area contributed by atoms with Crippen molar-refractivity contribution in [3.05, 3.63) is 46.2 Å². The molecule has 0 amide bonds. The summed E-state index contributed by atoms with van der Waals surface area (Å²) in [5, 5.41) is 12.9. The fourth-order valence-corrected chi connectivity index (χ4v) is 2.24. The summed E-state index contributed by atoms with van der Waals surface area (Å²) in [4.78, 5) is 10.9. The quantitative estimate of drug-likeness (QED) is 0.889. The van der Waals surface area contributed by atoms with E-state index in [4.69, 9.17) is 5.11 Å². The van der Waals surface area contributed by atoms with Crippen LogP contribution in [-0.4, -0.2) is 11.1 Å². The third-order valence-corrected chi connectivity index (χ3v) is 3.26. The van der Waals surface area contributed by atoms with Crippen molar-refractivity contribution in [3.8, 4) is 0 Å². The molecule has 0 atom stereocenters. The molecular weight excluding hydrogens is 279 g/mol. The minimum atomic E-state index is -4.50. The molecule has 7 heteroatoms. The number of hydrogen-bond donors (Lipinski definition) is 2. The first-order valence-electron chi connectivity index (χ1n) is 5.13. The summed E-state index contributed by atoms with van der Waals surface area (Å²) < 4.78 is 38.3. The molecule has 0 fully saturated rings. The van der Waals surface area contributed by atoms with Gasteiger partial charge < -0.3 is 10.4 Å². The van der Waals surface area contributed by atoms with E-state index in [0.717, 1.165) is 17.4 Å². The van der Waals surface area contributed by atoms with E-state index in [2.05, 4.69) is 5.32 Å². The highest BCUT2D eigenvalue weighted by Crippen LogP contribution is 2.36. The second kappa shape index (κ2) is 4.93. The Labute approximate surface area is 110 Å². The van der Waals surface area contributed by atoms with E-state index in [1.807, 2.05) is 0 Å². The van der Waals surface area contributed by atoms with Gasteiger partial charge in [-0.15, -0.1) is 11.3 Å². The highest BCUT2D eigenvalue weighted by atomic mass is 32.1. The molecule has 0 saturated carbocycles. The Morgan fingerprint density at radius 1 is 1.16 bits per heavy atom. The van der Waals surface area contributed by atoms with Crippen LogP contribution in [0.2, 0.25) is 0 Å². The number of carbonyl (C=O) groups is 1. The summed E-state index contributed by atoms with van der Waals surface area (Å²) in [6.45, 7) is 0. The largest absolute Gasteiger partial charge is 0.477 e. The van der Waals surface area contributed by atoms with Crippen molar-refractivity contribution in [2.75, 3.05) is 5.32 Å². The van der Waals surface area contributed by atoms with Gasteiger partial charge in [0.25, 0.3) is 0 Å². The van der Waals surface area contributed by atoms with Gasteiger partial charge in [-0.1, -0.05) is 12.1 Å². The predicted octanol–water partition coefficient (Wildman–Crippen LogP) is 4.21. The fourth-order valence-electron chi connectivity index (χ4n) is 1.56. The highest BCUT2D eigenvalue weighted by Gasteiger charge is 2.33. The average molecular weight is 287 g/mol. The number of carboxylic acid groups (broad SMARTS) is 1. The third kappa shape index (κ3) is 2.87. The van der Waals surface area contributed by atoms with Crippen molar-refractivity contribution < 1.29 is 23.1 Å². The molecular formula is C12H8F3NO2S. The number of hydrogen-bond acceptors (Lipinski definition) is 3. The standard InChI is InChI=1S/C12H8F3NO2S/c13-12(14,15)7-3-1-2-4-8(7)16-9-5-6-19-10(9)11(17)18/h1-6,16H,(H,17,18). The van der Waals surface area contributed by atoms with E-state index in [1.54, 1.807) is 0 Å². The Bertz CT molecular complexity index is 607. The summed E-state index contributed by atoms with van der Waals surface area (Å²) in [5.41, 5.74) is -0.859. The van der Waals surface area contributed by atoms with E-state index >= 15 is 0 Å². The molecule has 2 aromatic rings. The van der Waals surface area contributed by atoms with Crippen LogP contribution in [0.1, 0.15) is 15.2 Å². The first kappa shape index (κ1) is 13.4. The molecule has 2 N–H and O–H groups in total. The molecule has 0 saturated heterocycles. The maximum atomic E-state index is 12.8. The lowest BCUT2D eigenvalue weighted by Gasteiger charge is -2.14. The van der Waals surface area contributed by atoms with Gasteiger partial charge in [0.1, 0.15) is 4.88 Å². The minimum Gasteiger partial charge on any atom is -0.477 e. The summed E-state index contributed by atoms with van der Waals surface area (Å²) in [7, 11) is 0. The van der Waals surface area contributed by atoms with Gasteiger partial charge in [-0.3, -0.25) is 0 Å².